The second kappa shape index (κ2) is 8.17. The number of carbonyl (C=O) groups excluding carboxylic acids is 1. The second-order valence-electron chi connectivity index (χ2n) is 6.71. The minimum Gasteiger partial charge on any atom is -0.508 e. The summed E-state index contributed by atoms with van der Waals surface area (Å²) in [6, 6.07) is 15.4. The summed E-state index contributed by atoms with van der Waals surface area (Å²) in [7, 11) is 0. The van der Waals surface area contributed by atoms with Gasteiger partial charge in [0.15, 0.2) is 0 Å². The van der Waals surface area contributed by atoms with Crippen LogP contribution in [0, 0.1) is 0 Å². The molecule has 3 N–H and O–H groups in total. The number of hydrogen-bond donors (Lipinski definition) is 3. The van der Waals surface area contributed by atoms with Crippen molar-refractivity contribution < 1.29 is 15.0 Å². The fourth-order valence-electron chi connectivity index (χ4n) is 3.52. The Kier molecular flexibility index (Phi) is 5.71. The molecule has 0 aromatic heterocycles. The van der Waals surface area contributed by atoms with Crippen LogP contribution in [-0.4, -0.2) is 28.8 Å². The van der Waals surface area contributed by atoms with E-state index in [4.69, 9.17) is 0 Å². The Bertz CT molecular complexity index is 714. The number of aliphatic hydroxyl groups is 1. The lowest BCUT2D eigenvalue weighted by molar-refractivity contribution is -0.123. The Morgan fingerprint density at radius 3 is 2.76 bits per heavy atom. The third-order valence-electron chi connectivity index (χ3n) is 4.92. The zero-order valence-corrected chi connectivity index (χ0v) is 14.3. The van der Waals surface area contributed by atoms with Crippen LogP contribution in [0.1, 0.15) is 41.9 Å². The number of benzene rings is 2. The number of aryl methyl sites for hydroxylation is 1. The monoisotopic (exact) mass is 339 g/mol. The average Bonchev–Trinajstić information content (AvgIpc) is 2.65. The fraction of sp³-hybridized carbons (Fsp3) is 0.381. The first-order valence-electron chi connectivity index (χ1n) is 8.95. The second-order valence-corrected chi connectivity index (χ2v) is 6.71. The van der Waals surface area contributed by atoms with Gasteiger partial charge in [0.25, 0.3) is 0 Å². The molecule has 25 heavy (non-hydrogen) atoms. The molecule has 0 aliphatic heterocycles. The van der Waals surface area contributed by atoms with Gasteiger partial charge in [-0.3, -0.25) is 4.79 Å². The number of nitrogens with one attached hydrogen (secondary N) is 1. The van der Waals surface area contributed by atoms with Gasteiger partial charge in [-0.15, -0.1) is 0 Å². The molecule has 132 valence electrons. The minimum atomic E-state index is -0.559. The molecule has 0 heterocycles. The molecule has 4 heteroatoms. The van der Waals surface area contributed by atoms with E-state index in [2.05, 4.69) is 5.32 Å². The molecule has 2 aromatic carbocycles. The van der Waals surface area contributed by atoms with E-state index >= 15 is 0 Å². The Labute approximate surface area is 148 Å². The third-order valence-corrected chi connectivity index (χ3v) is 4.92. The van der Waals surface area contributed by atoms with E-state index < -0.39 is 6.10 Å². The van der Waals surface area contributed by atoms with Crippen LogP contribution in [0.3, 0.4) is 0 Å². The summed E-state index contributed by atoms with van der Waals surface area (Å²) in [5.74, 6) is -0.0274. The zero-order chi connectivity index (χ0) is 17.6. The Morgan fingerprint density at radius 2 is 1.96 bits per heavy atom. The first-order valence-corrected chi connectivity index (χ1v) is 8.95. The van der Waals surface area contributed by atoms with Crippen molar-refractivity contribution in [1.29, 1.82) is 0 Å². The van der Waals surface area contributed by atoms with Crippen LogP contribution in [-0.2, 0) is 17.6 Å². The predicted molar refractivity (Wildman–Crippen MR) is 97.6 cm³/mol. The average molecular weight is 339 g/mol. The Balaban J connectivity index is 1.52. The molecule has 1 aliphatic rings. The first kappa shape index (κ1) is 17.5. The molecular formula is C21H25NO3. The fourth-order valence-corrected chi connectivity index (χ4v) is 3.52. The Hall–Kier alpha value is -2.33. The molecular weight excluding hydrogens is 314 g/mol. The van der Waals surface area contributed by atoms with E-state index in [1.165, 1.54) is 5.56 Å². The number of amides is 1. The largest absolute Gasteiger partial charge is 0.508 e. The van der Waals surface area contributed by atoms with Gasteiger partial charge in [0.05, 0.1) is 12.0 Å². The summed E-state index contributed by atoms with van der Waals surface area (Å²) in [6.45, 7) is 0.260. The summed E-state index contributed by atoms with van der Waals surface area (Å²) in [5.41, 5.74) is 2.99. The molecule has 1 aliphatic carbocycles. The van der Waals surface area contributed by atoms with Gasteiger partial charge >= 0.3 is 0 Å². The van der Waals surface area contributed by atoms with Gasteiger partial charge in [0.1, 0.15) is 5.75 Å². The third kappa shape index (κ3) is 4.40. The van der Waals surface area contributed by atoms with Crippen LogP contribution in [0.25, 0.3) is 0 Å². The number of rotatable bonds is 6. The van der Waals surface area contributed by atoms with E-state index in [0.29, 0.717) is 6.42 Å². The number of phenols is 1. The summed E-state index contributed by atoms with van der Waals surface area (Å²) in [6.07, 6.45) is 3.33. The maximum atomic E-state index is 12.5. The van der Waals surface area contributed by atoms with E-state index in [9.17, 15) is 15.0 Å². The van der Waals surface area contributed by atoms with Crippen molar-refractivity contribution in [3.8, 4) is 5.75 Å². The van der Waals surface area contributed by atoms with E-state index in [-0.39, 0.29) is 24.1 Å². The normalized spacial score (nSPS) is 17.6. The summed E-state index contributed by atoms with van der Waals surface area (Å²) < 4.78 is 0. The minimum absolute atomic E-state index is 0.0645. The highest BCUT2D eigenvalue weighted by atomic mass is 16.3. The molecule has 0 saturated carbocycles. The smallest absolute Gasteiger partial charge is 0.227 e. The van der Waals surface area contributed by atoms with Gasteiger partial charge in [0.2, 0.25) is 5.91 Å². The van der Waals surface area contributed by atoms with Crippen molar-refractivity contribution in [2.45, 2.75) is 44.1 Å². The number of hydrogen-bond acceptors (Lipinski definition) is 3. The van der Waals surface area contributed by atoms with E-state index in [0.717, 1.165) is 36.8 Å². The van der Waals surface area contributed by atoms with Crippen molar-refractivity contribution in [2.24, 2.45) is 0 Å². The van der Waals surface area contributed by atoms with Crippen molar-refractivity contribution in [2.75, 3.05) is 6.54 Å². The first-order chi connectivity index (χ1) is 12.1. The van der Waals surface area contributed by atoms with Crippen LogP contribution in [0.4, 0.5) is 0 Å². The van der Waals surface area contributed by atoms with Gasteiger partial charge in [0, 0.05) is 6.54 Å². The van der Waals surface area contributed by atoms with Crippen molar-refractivity contribution in [3.63, 3.8) is 0 Å². The molecule has 0 radical (unpaired) electrons. The lowest BCUT2D eigenvalue weighted by Crippen LogP contribution is -2.36. The molecule has 1 amide bonds. The van der Waals surface area contributed by atoms with Gasteiger partial charge in [-0.05, 0) is 54.9 Å². The molecule has 2 atom stereocenters. The molecule has 0 saturated heterocycles. The van der Waals surface area contributed by atoms with Crippen LogP contribution in [0.5, 0.6) is 5.75 Å². The maximum absolute atomic E-state index is 12.5. The summed E-state index contributed by atoms with van der Waals surface area (Å²) >= 11 is 0. The van der Waals surface area contributed by atoms with Crippen LogP contribution in [0.2, 0.25) is 0 Å². The zero-order valence-electron chi connectivity index (χ0n) is 14.3. The molecule has 0 unspecified atom stereocenters. The van der Waals surface area contributed by atoms with Crippen LogP contribution in [0.15, 0.2) is 48.5 Å². The number of aromatic hydroxyl groups is 1. The highest BCUT2D eigenvalue weighted by Gasteiger charge is 2.27. The van der Waals surface area contributed by atoms with Crippen LogP contribution >= 0.6 is 0 Å². The molecule has 2 aromatic rings. The molecule has 3 rings (SSSR count). The predicted octanol–water partition coefficient (Wildman–Crippen LogP) is 2.92. The topological polar surface area (TPSA) is 69.6 Å². The van der Waals surface area contributed by atoms with Gasteiger partial charge in [-0.2, -0.15) is 0 Å². The molecule has 0 bridgehead atoms. The standard InChI is InChI=1S/C21H25NO3/c23-16(13-12-15-6-2-1-3-7-15)14-22-21(25)19-10-4-9-18-17(19)8-5-11-20(18)24/h1-3,5-8,11,16,19,23-24H,4,9-10,12-14H2,(H,22,25)/t16-,19-/m0/s1. The lowest BCUT2D eigenvalue weighted by Gasteiger charge is -2.25. The summed E-state index contributed by atoms with van der Waals surface area (Å²) in [4.78, 5) is 12.5. The SMILES string of the molecule is O=C(NC[C@@H](O)CCc1ccccc1)[C@H]1CCCc2c(O)cccc21. The highest BCUT2D eigenvalue weighted by molar-refractivity contribution is 5.84. The Morgan fingerprint density at radius 1 is 1.16 bits per heavy atom. The maximum Gasteiger partial charge on any atom is 0.227 e. The van der Waals surface area contributed by atoms with E-state index in [1.54, 1.807) is 12.1 Å². The number of phenolic OH excluding ortho intramolecular Hbond substituents is 1. The number of carbonyl (C=O) groups is 1. The quantitative estimate of drug-likeness (QED) is 0.758. The molecule has 0 fully saturated rings. The van der Waals surface area contributed by atoms with E-state index in [1.807, 2.05) is 36.4 Å². The van der Waals surface area contributed by atoms with Crippen molar-refractivity contribution in [1.82, 2.24) is 5.32 Å². The lowest BCUT2D eigenvalue weighted by atomic mass is 9.82. The molecule has 4 nitrogen and oxygen atoms in total. The summed E-state index contributed by atoms with van der Waals surface area (Å²) in [5, 5.41) is 23.0. The molecule has 0 spiro atoms. The van der Waals surface area contributed by atoms with Gasteiger partial charge in [-0.25, -0.2) is 0 Å². The van der Waals surface area contributed by atoms with Crippen LogP contribution < -0.4 is 5.32 Å². The number of aliphatic hydroxyl groups excluding tert-OH is 1. The highest BCUT2D eigenvalue weighted by Crippen LogP contribution is 2.36. The number of fused-ring (bicyclic) bond motifs is 1. The van der Waals surface area contributed by atoms with Crippen molar-refractivity contribution in [3.05, 3.63) is 65.2 Å². The van der Waals surface area contributed by atoms with Gasteiger partial charge in [-0.1, -0.05) is 42.5 Å². The van der Waals surface area contributed by atoms with Crippen molar-refractivity contribution >= 4 is 5.91 Å². The van der Waals surface area contributed by atoms with Gasteiger partial charge < -0.3 is 15.5 Å².